The smallest absolute Gasteiger partial charge is 0.254 e. The molecule has 0 fully saturated rings. The molecule has 0 unspecified atom stereocenters. The maximum atomic E-state index is 12.3. The van der Waals surface area contributed by atoms with Crippen molar-refractivity contribution < 1.29 is 4.79 Å². The largest absolute Gasteiger partial charge is 0.397 e. The van der Waals surface area contributed by atoms with Gasteiger partial charge in [0.05, 0.1) is 11.4 Å². The molecule has 4 N–H and O–H groups in total. The summed E-state index contributed by atoms with van der Waals surface area (Å²) in [7, 11) is 0. The molecular weight excluding hydrogens is 214 g/mol. The zero-order chi connectivity index (χ0) is 13.2. The molecule has 4 nitrogen and oxygen atoms in total. The molecule has 1 amide bonds. The highest BCUT2D eigenvalue weighted by Crippen LogP contribution is 2.21. The van der Waals surface area contributed by atoms with Crippen LogP contribution in [0.4, 0.5) is 11.4 Å². The Morgan fingerprint density at radius 1 is 1.24 bits per heavy atom. The molecule has 0 aliphatic rings. The Morgan fingerprint density at radius 3 is 2.24 bits per heavy atom. The van der Waals surface area contributed by atoms with Crippen LogP contribution in [0.25, 0.3) is 0 Å². The van der Waals surface area contributed by atoms with Crippen molar-refractivity contribution in [1.29, 1.82) is 0 Å². The summed E-state index contributed by atoms with van der Waals surface area (Å²) in [5.41, 5.74) is 12.7. The molecular formula is C13H21N3O. The SMILES string of the molecule is CCN(C(=O)c1ccc(N)c(N)c1)C(C)(C)C. The van der Waals surface area contributed by atoms with E-state index >= 15 is 0 Å². The van der Waals surface area contributed by atoms with Gasteiger partial charge < -0.3 is 16.4 Å². The summed E-state index contributed by atoms with van der Waals surface area (Å²) in [5, 5.41) is 0. The molecule has 0 aliphatic heterocycles. The number of hydrogen-bond donors (Lipinski definition) is 2. The first kappa shape index (κ1) is 13.4. The molecule has 17 heavy (non-hydrogen) atoms. The lowest BCUT2D eigenvalue weighted by atomic mass is 10.0. The number of benzene rings is 1. The van der Waals surface area contributed by atoms with E-state index in [1.807, 2.05) is 27.7 Å². The molecule has 0 spiro atoms. The Kier molecular flexibility index (Phi) is 3.66. The first-order valence-corrected chi connectivity index (χ1v) is 5.74. The van der Waals surface area contributed by atoms with E-state index in [-0.39, 0.29) is 11.4 Å². The van der Waals surface area contributed by atoms with Crippen LogP contribution >= 0.6 is 0 Å². The Hall–Kier alpha value is -1.71. The normalized spacial score (nSPS) is 11.3. The molecule has 94 valence electrons. The van der Waals surface area contributed by atoms with Crippen LogP contribution < -0.4 is 11.5 Å². The van der Waals surface area contributed by atoms with Crippen LogP contribution in [0.3, 0.4) is 0 Å². The minimum absolute atomic E-state index is 0.0216. The third kappa shape index (κ3) is 2.90. The monoisotopic (exact) mass is 235 g/mol. The number of amides is 1. The minimum Gasteiger partial charge on any atom is -0.397 e. The van der Waals surface area contributed by atoms with Crippen molar-refractivity contribution in [3.8, 4) is 0 Å². The topological polar surface area (TPSA) is 72.3 Å². The summed E-state index contributed by atoms with van der Waals surface area (Å²) in [6.45, 7) is 8.65. The number of nitrogens with zero attached hydrogens (tertiary/aromatic N) is 1. The molecule has 0 atom stereocenters. The van der Waals surface area contributed by atoms with Gasteiger partial charge in [-0.15, -0.1) is 0 Å². The van der Waals surface area contributed by atoms with E-state index in [0.717, 1.165) is 0 Å². The van der Waals surface area contributed by atoms with Gasteiger partial charge in [0.1, 0.15) is 0 Å². The third-order valence-electron chi connectivity index (χ3n) is 2.70. The van der Waals surface area contributed by atoms with E-state index in [9.17, 15) is 4.79 Å². The lowest BCUT2D eigenvalue weighted by molar-refractivity contribution is 0.0599. The number of nitrogens with two attached hydrogens (primary N) is 2. The number of carbonyl (C=O) groups excluding carboxylic acids is 1. The molecule has 0 radical (unpaired) electrons. The van der Waals surface area contributed by atoms with Crippen LogP contribution in [0.15, 0.2) is 18.2 Å². The Bertz CT molecular complexity index is 421. The van der Waals surface area contributed by atoms with Gasteiger partial charge in [-0.05, 0) is 45.9 Å². The standard InChI is InChI=1S/C13H21N3O/c1-5-16(13(2,3)4)12(17)9-6-7-10(14)11(15)8-9/h6-8H,5,14-15H2,1-4H3. The number of nitrogen functional groups attached to an aromatic ring is 2. The van der Waals surface area contributed by atoms with Crippen molar-refractivity contribution >= 4 is 17.3 Å². The number of hydrogen-bond acceptors (Lipinski definition) is 3. The molecule has 1 aromatic carbocycles. The van der Waals surface area contributed by atoms with Crippen molar-refractivity contribution in [3.05, 3.63) is 23.8 Å². The van der Waals surface area contributed by atoms with E-state index in [1.54, 1.807) is 23.1 Å². The fourth-order valence-corrected chi connectivity index (χ4v) is 1.79. The molecule has 0 saturated carbocycles. The summed E-state index contributed by atoms with van der Waals surface area (Å²) in [4.78, 5) is 14.1. The fourth-order valence-electron chi connectivity index (χ4n) is 1.79. The molecule has 0 saturated heterocycles. The molecule has 0 heterocycles. The van der Waals surface area contributed by atoms with Gasteiger partial charge in [0, 0.05) is 17.6 Å². The van der Waals surface area contributed by atoms with Gasteiger partial charge in [-0.2, -0.15) is 0 Å². The lowest BCUT2D eigenvalue weighted by Gasteiger charge is -2.35. The summed E-state index contributed by atoms with van der Waals surface area (Å²) < 4.78 is 0. The Balaban J connectivity index is 3.07. The van der Waals surface area contributed by atoms with E-state index in [0.29, 0.717) is 23.5 Å². The fraction of sp³-hybridized carbons (Fsp3) is 0.462. The van der Waals surface area contributed by atoms with Gasteiger partial charge in [-0.25, -0.2) is 0 Å². The van der Waals surface area contributed by atoms with Gasteiger partial charge in [0.15, 0.2) is 0 Å². The van der Waals surface area contributed by atoms with Gasteiger partial charge in [-0.1, -0.05) is 0 Å². The molecule has 4 heteroatoms. The van der Waals surface area contributed by atoms with Crippen molar-refractivity contribution in [2.45, 2.75) is 33.2 Å². The number of rotatable bonds is 2. The molecule has 0 aliphatic carbocycles. The highest BCUT2D eigenvalue weighted by atomic mass is 16.2. The second-order valence-electron chi connectivity index (χ2n) is 5.06. The second kappa shape index (κ2) is 4.65. The van der Waals surface area contributed by atoms with Gasteiger partial charge in [0.2, 0.25) is 0 Å². The number of anilines is 2. The maximum Gasteiger partial charge on any atom is 0.254 e. The summed E-state index contributed by atoms with van der Waals surface area (Å²) in [6, 6.07) is 5.01. The summed E-state index contributed by atoms with van der Waals surface area (Å²) in [5.74, 6) is -0.0216. The van der Waals surface area contributed by atoms with Crippen molar-refractivity contribution in [3.63, 3.8) is 0 Å². The quantitative estimate of drug-likeness (QED) is 0.771. The van der Waals surface area contributed by atoms with Crippen LogP contribution in [0.1, 0.15) is 38.1 Å². The zero-order valence-electron chi connectivity index (χ0n) is 10.9. The average molecular weight is 235 g/mol. The van der Waals surface area contributed by atoms with Crippen LogP contribution in [0.5, 0.6) is 0 Å². The Labute approximate surface area is 103 Å². The van der Waals surface area contributed by atoms with Crippen molar-refractivity contribution in [2.24, 2.45) is 0 Å². The van der Waals surface area contributed by atoms with E-state index in [2.05, 4.69) is 0 Å². The molecule has 1 aromatic rings. The third-order valence-corrected chi connectivity index (χ3v) is 2.70. The van der Waals surface area contributed by atoms with Crippen molar-refractivity contribution in [2.75, 3.05) is 18.0 Å². The predicted molar refractivity (Wildman–Crippen MR) is 71.7 cm³/mol. The highest BCUT2D eigenvalue weighted by molar-refractivity contribution is 5.96. The van der Waals surface area contributed by atoms with E-state index in [1.165, 1.54) is 0 Å². The first-order chi connectivity index (χ1) is 7.77. The van der Waals surface area contributed by atoms with Gasteiger partial charge in [0.25, 0.3) is 5.91 Å². The molecule has 1 rings (SSSR count). The van der Waals surface area contributed by atoms with Crippen LogP contribution in [0, 0.1) is 0 Å². The first-order valence-electron chi connectivity index (χ1n) is 5.74. The van der Waals surface area contributed by atoms with Crippen LogP contribution in [-0.4, -0.2) is 22.9 Å². The van der Waals surface area contributed by atoms with Crippen molar-refractivity contribution in [1.82, 2.24) is 4.90 Å². The minimum atomic E-state index is -0.206. The zero-order valence-corrected chi connectivity index (χ0v) is 10.9. The predicted octanol–water partition coefficient (Wildman–Crippen LogP) is 2.11. The second-order valence-corrected chi connectivity index (χ2v) is 5.06. The highest BCUT2D eigenvalue weighted by Gasteiger charge is 2.25. The van der Waals surface area contributed by atoms with Crippen LogP contribution in [0.2, 0.25) is 0 Å². The Morgan fingerprint density at radius 2 is 1.82 bits per heavy atom. The van der Waals surface area contributed by atoms with Gasteiger partial charge in [-0.3, -0.25) is 4.79 Å². The molecule has 0 aromatic heterocycles. The summed E-state index contributed by atoms with van der Waals surface area (Å²) >= 11 is 0. The number of carbonyl (C=O) groups is 1. The van der Waals surface area contributed by atoms with E-state index < -0.39 is 0 Å². The molecule has 0 bridgehead atoms. The summed E-state index contributed by atoms with van der Waals surface area (Å²) in [6.07, 6.45) is 0. The lowest BCUT2D eigenvalue weighted by Crippen LogP contribution is -2.45. The van der Waals surface area contributed by atoms with Gasteiger partial charge >= 0.3 is 0 Å². The van der Waals surface area contributed by atoms with Crippen LogP contribution in [-0.2, 0) is 0 Å². The maximum absolute atomic E-state index is 12.3. The average Bonchev–Trinajstić information content (AvgIpc) is 2.20. The van der Waals surface area contributed by atoms with E-state index in [4.69, 9.17) is 11.5 Å².